The van der Waals surface area contributed by atoms with Crippen molar-refractivity contribution in [3.63, 3.8) is 0 Å². The Kier molecular flexibility index (Phi) is 4.67. The van der Waals surface area contributed by atoms with Gasteiger partial charge >= 0.3 is 0 Å². The first-order valence-corrected chi connectivity index (χ1v) is 8.90. The van der Waals surface area contributed by atoms with Crippen molar-refractivity contribution in [2.45, 2.75) is 25.9 Å². The van der Waals surface area contributed by atoms with Gasteiger partial charge in [-0.05, 0) is 6.92 Å². The number of carbonyl (C=O) groups is 1. The summed E-state index contributed by atoms with van der Waals surface area (Å²) in [6.07, 6.45) is 2.82. The van der Waals surface area contributed by atoms with E-state index in [2.05, 4.69) is 5.10 Å². The van der Waals surface area contributed by atoms with Crippen LogP contribution in [0.5, 0.6) is 0 Å². The van der Waals surface area contributed by atoms with Gasteiger partial charge in [0.2, 0.25) is 5.91 Å². The summed E-state index contributed by atoms with van der Waals surface area (Å²) in [7, 11) is -1.71. The van der Waals surface area contributed by atoms with Crippen molar-refractivity contribution in [2.75, 3.05) is 32.3 Å². The maximum atomic E-state index is 12.1. The fourth-order valence-corrected chi connectivity index (χ4v) is 3.37. The minimum absolute atomic E-state index is 0.0183. The Bertz CT molecular complexity index is 623. The second kappa shape index (κ2) is 6.15. The van der Waals surface area contributed by atoms with E-state index in [0.717, 1.165) is 24.1 Å². The predicted molar refractivity (Wildman–Crippen MR) is 77.6 cm³/mol. The van der Waals surface area contributed by atoms with E-state index >= 15 is 0 Å². The first-order chi connectivity index (χ1) is 9.85. The van der Waals surface area contributed by atoms with Gasteiger partial charge in [0, 0.05) is 44.5 Å². The van der Waals surface area contributed by atoms with Crippen LogP contribution in [0.15, 0.2) is 6.20 Å². The quantitative estimate of drug-likeness (QED) is 0.765. The fourth-order valence-electron chi connectivity index (χ4n) is 2.74. The summed E-state index contributed by atoms with van der Waals surface area (Å²) in [5.74, 6) is -0.803. The van der Waals surface area contributed by atoms with Crippen LogP contribution in [-0.2, 0) is 32.5 Å². The number of methoxy groups -OCH3 is 1. The lowest BCUT2D eigenvalue weighted by atomic mass is 9.97. The van der Waals surface area contributed by atoms with Crippen molar-refractivity contribution >= 4 is 15.7 Å². The second-order valence-corrected chi connectivity index (χ2v) is 7.51. The van der Waals surface area contributed by atoms with Gasteiger partial charge in [-0.1, -0.05) is 0 Å². The van der Waals surface area contributed by atoms with Crippen LogP contribution in [0.3, 0.4) is 0 Å². The first-order valence-electron chi connectivity index (χ1n) is 6.84. The predicted octanol–water partition coefficient (Wildman–Crippen LogP) is 0.0198. The summed E-state index contributed by atoms with van der Waals surface area (Å²) >= 11 is 0. The molecule has 2 heterocycles. The molecule has 0 unspecified atom stereocenters. The van der Waals surface area contributed by atoms with Gasteiger partial charge in [0.25, 0.3) is 0 Å². The number of hydrogen-bond donors (Lipinski definition) is 0. The minimum Gasteiger partial charge on any atom is -0.384 e. The van der Waals surface area contributed by atoms with Gasteiger partial charge < -0.3 is 9.64 Å². The van der Waals surface area contributed by atoms with Crippen LogP contribution in [-0.4, -0.2) is 61.3 Å². The Morgan fingerprint density at radius 3 is 2.81 bits per heavy atom. The average Bonchev–Trinajstić information content (AvgIpc) is 2.80. The number of fused-ring (bicyclic) bond motifs is 1. The zero-order valence-electron chi connectivity index (χ0n) is 12.6. The molecule has 0 aromatic carbocycles. The highest BCUT2D eigenvalue weighted by atomic mass is 32.2. The van der Waals surface area contributed by atoms with Crippen molar-refractivity contribution in [1.82, 2.24) is 14.7 Å². The standard InChI is InChI=1S/C13H21N3O4S/c1-4-16-13-10(5-14-16)6-15(7-11(13)8-20-2)12(17)9-21(3,18)19/h5,11H,4,6-9H2,1-3H3/t11-/m0/s1. The number of sulfone groups is 1. The van der Waals surface area contributed by atoms with Crippen molar-refractivity contribution in [2.24, 2.45) is 0 Å². The fraction of sp³-hybridized carbons (Fsp3) is 0.692. The molecule has 1 atom stereocenters. The van der Waals surface area contributed by atoms with Crippen LogP contribution in [0.25, 0.3) is 0 Å². The summed E-state index contributed by atoms with van der Waals surface area (Å²) < 4.78 is 29.8. The third-order valence-corrected chi connectivity index (χ3v) is 4.33. The summed E-state index contributed by atoms with van der Waals surface area (Å²) in [4.78, 5) is 13.7. The molecule has 1 aliphatic rings. The van der Waals surface area contributed by atoms with E-state index in [4.69, 9.17) is 4.74 Å². The largest absolute Gasteiger partial charge is 0.384 e. The molecule has 1 amide bonds. The highest BCUT2D eigenvalue weighted by Gasteiger charge is 2.32. The highest BCUT2D eigenvalue weighted by molar-refractivity contribution is 7.91. The lowest BCUT2D eigenvalue weighted by Crippen LogP contribution is -2.42. The van der Waals surface area contributed by atoms with Crippen molar-refractivity contribution < 1.29 is 17.9 Å². The van der Waals surface area contributed by atoms with E-state index < -0.39 is 15.6 Å². The molecule has 8 heteroatoms. The molecule has 0 fully saturated rings. The molecule has 0 saturated heterocycles. The van der Waals surface area contributed by atoms with Gasteiger partial charge in [0.1, 0.15) is 5.75 Å². The number of aromatic nitrogens is 2. The van der Waals surface area contributed by atoms with Crippen LogP contribution >= 0.6 is 0 Å². The lowest BCUT2D eigenvalue weighted by Gasteiger charge is -2.33. The Balaban J connectivity index is 2.25. The number of amides is 1. The summed E-state index contributed by atoms with van der Waals surface area (Å²) in [5.41, 5.74) is 2.05. The zero-order valence-corrected chi connectivity index (χ0v) is 13.4. The summed E-state index contributed by atoms with van der Waals surface area (Å²) in [6, 6.07) is 0. The van der Waals surface area contributed by atoms with Gasteiger partial charge in [0.15, 0.2) is 9.84 Å². The Labute approximate surface area is 124 Å². The van der Waals surface area contributed by atoms with E-state index in [9.17, 15) is 13.2 Å². The molecule has 0 saturated carbocycles. The second-order valence-electron chi connectivity index (χ2n) is 5.37. The molecule has 118 valence electrons. The topological polar surface area (TPSA) is 81.5 Å². The van der Waals surface area contributed by atoms with E-state index in [1.165, 1.54) is 0 Å². The molecule has 21 heavy (non-hydrogen) atoms. The molecule has 0 bridgehead atoms. The lowest BCUT2D eigenvalue weighted by molar-refractivity contribution is -0.129. The Hall–Kier alpha value is -1.41. The molecule has 0 N–H and O–H groups in total. The third-order valence-electron chi connectivity index (χ3n) is 3.55. The highest BCUT2D eigenvalue weighted by Crippen LogP contribution is 2.28. The van der Waals surface area contributed by atoms with Crippen LogP contribution < -0.4 is 0 Å². The van der Waals surface area contributed by atoms with Gasteiger partial charge in [-0.2, -0.15) is 5.10 Å². The molecule has 0 aliphatic carbocycles. The SMILES string of the molecule is CCn1ncc2c1[C@H](COC)CN(C(=O)CS(C)(=O)=O)C2. The third kappa shape index (κ3) is 3.62. The van der Waals surface area contributed by atoms with Crippen molar-refractivity contribution in [3.05, 3.63) is 17.5 Å². The number of hydrogen-bond acceptors (Lipinski definition) is 5. The van der Waals surface area contributed by atoms with E-state index in [0.29, 0.717) is 19.7 Å². The van der Waals surface area contributed by atoms with E-state index in [1.54, 1.807) is 18.2 Å². The molecule has 1 aromatic heterocycles. The van der Waals surface area contributed by atoms with Gasteiger partial charge in [0.05, 0.1) is 18.5 Å². The van der Waals surface area contributed by atoms with Crippen LogP contribution in [0.4, 0.5) is 0 Å². The van der Waals surface area contributed by atoms with Crippen LogP contribution in [0, 0.1) is 0 Å². The number of nitrogens with zero attached hydrogens (tertiary/aromatic N) is 3. The molecule has 2 rings (SSSR count). The number of carbonyl (C=O) groups excluding carboxylic acids is 1. The van der Waals surface area contributed by atoms with Crippen LogP contribution in [0.1, 0.15) is 24.1 Å². The van der Waals surface area contributed by atoms with E-state index in [-0.39, 0.29) is 11.8 Å². The molecule has 0 spiro atoms. The molecular formula is C13H21N3O4S. The van der Waals surface area contributed by atoms with Gasteiger partial charge in [-0.25, -0.2) is 8.42 Å². The monoisotopic (exact) mass is 315 g/mol. The number of rotatable bonds is 5. The number of ether oxygens (including phenoxy) is 1. The van der Waals surface area contributed by atoms with Gasteiger partial charge in [-0.3, -0.25) is 9.48 Å². The van der Waals surface area contributed by atoms with Gasteiger partial charge in [-0.15, -0.1) is 0 Å². The average molecular weight is 315 g/mol. The van der Waals surface area contributed by atoms with E-state index in [1.807, 2.05) is 11.6 Å². The maximum Gasteiger partial charge on any atom is 0.238 e. The van der Waals surface area contributed by atoms with Crippen molar-refractivity contribution in [3.8, 4) is 0 Å². The first kappa shape index (κ1) is 16.0. The maximum absolute atomic E-state index is 12.1. The molecule has 0 radical (unpaired) electrons. The Morgan fingerprint density at radius 2 is 2.24 bits per heavy atom. The van der Waals surface area contributed by atoms with Crippen molar-refractivity contribution in [1.29, 1.82) is 0 Å². The molecule has 1 aromatic rings. The summed E-state index contributed by atoms with van der Waals surface area (Å²) in [5, 5.41) is 4.32. The molecular weight excluding hydrogens is 294 g/mol. The Morgan fingerprint density at radius 1 is 1.52 bits per heavy atom. The number of aryl methyl sites for hydroxylation is 1. The summed E-state index contributed by atoms with van der Waals surface area (Å²) in [6.45, 7) is 4.11. The smallest absolute Gasteiger partial charge is 0.238 e. The minimum atomic E-state index is -3.32. The van der Waals surface area contributed by atoms with Crippen LogP contribution in [0.2, 0.25) is 0 Å². The zero-order chi connectivity index (χ0) is 15.6. The molecule has 1 aliphatic heterocycles. The normalized spacial score (nSPS) is 18.6. The molecule has 7 nitrogen and oxygen atoms in total.